The van der Waals surface area contributed by atoms with Gasteiger partial charge in [-0.2, -0.15) is 4.98 Å². The first-order valence-electron chi connectivity index (χ1n) is 6.59. The zero-order valence-electron chi connectivity index (χ0n) is 12.5. The molecule has 0 bridgehead atoms. The van der Waals surface area contributed by atoms with E-state index in [9.17, 15) is 4.79 Å². The maximum Gasteiger partial charge on any atom is 0.412 e. The van der Waals surface area contributed by atoms with Gasteiger partial charge in [-0.15, -0.1) is 0 Å². The van der Waals surface area contributed by atoms with Crippen molar-refractivity contribution >= 4 is 27.7 Å². The number of para-hydroxylation sites is 2. The number of carbonyl (C=O) groups is 1. The van der Waals surface area contributed by atoms with E-state index in [0.717, 1.165) is 0 Å². The van der Waals surface area contributed by atoms with Crippen LogP contribution in [0.1, 0.15) is 20.8 Å². The molecular weight excluding hydrogens is 350 g/mol. The molecule has 0 saturated carbocycles. The highest BCUT2D eigenvalue weighted by molar-refractivity contribution is 9.10. The molecule has 0 aliphatic heterocycles. The fourth-order valence-electron chi connectivity index (χ4n) is 1.56. The minimum atomic E-state index is -0.572. The van der Waals surface area contributed by atoms with Crippen LogP contribution in [0.5, 0.6) is 11.6 Å². The average molecular weight is 366 g/mol. The molecule has 1 heterocycles. The van der Waals surface area contributed by atoms with E-state index in [0.29, 0.717) is 22.1 Å². The lowest BCUT2D eigenvalue weighted by atomic mass is 10.2. The summed E-state index contributed by atoms with van der Waals surface area (Å²) < 4.78 is 11.3. The number of halogens is 1. The largest absolute Gasteiger partial charge is 0.444 e. The predicted molar refractivity (Wildman–Crippen MR) is 86.1 cm³/mol. The molecule has 0 atom stereocenters. The molecular formula is C15H16BrN3O3. The van der Waals surface area contributed by atoms with Crippen molar-refractivity contribution in [3.05, 3.63) is 41.3 Å². The monoisotopic (exact) mass is 365 g/mol. The second-order valence-corrected chi connectivity index (χ2v) is 6.10. The molecule has 0 fully saturated rings. The second kappa shape index (κ2) is 6.74. The molecule has 7 heteroatoms. The average Bonchev–Trinajstić information content (AvgIpc) is 2.39. The number of nitrogens with one attached hydrogen (secondary N) is 1. The highest BCUT2D eigenvalue weighted by Crippen LogP contribution is 2.28. The molecule has 116 valence electrons. The van der Waals surface area contributed by atoms with E-state index >= 15 is 0 Å². The Bertz CT molecular complexity index is 671. The van der Waals surface area contributed by atoms with Gasteiger partial charge in [0.15, 0.2) is 10.5 Å². The number of hydrogen-bond acceptors (Lipinski definition) is 5. The van der Waals surface area contributed by atoms with E-state index in [2.05, 4.69) is 31.2 Å². The SMILES string of the molecule is CC(C)(C)OC(=O)Nc1ccccc1Oc1ccnc(Br)n1. The summed E-state index contributed by atoms with van der Waals surface area (Å²) in [4.78, 5) is 19.9. The summed E-state index contributed by atoms with van der Waals surface area (Å²) in [5.41, 5.74) is -0.0799. The van der Waals surface area contributed by atoms with Crippen molar-refractivity contribution in [1.82, 2.24) is 9.97 Å². The summed E-state index contributed by atoms with van der Waals surface area (Å²) in [6, 6.07) is 8.65. The Morgan fingerprint density at radius 3 is 2.64 bits per heavy atom. The summed E-state index contributed by atoms with van der Waals surface area (Å²) in [5.74, 6) is 0.819. The summed E-state index contributed by atoms with van der Waals surface area (Å²) >= 11 is 3.18. The Labute approximate surface area is 137 Å². The first kappa shape index (κ1) is 16.2. The molecule has 2 rings (SSSR count). The maximum absolute atomic E-state index is 11.9. The van der Waals surface area contributed by atoms with E-state index in [1.54, 1.807) is 57.3 Å². The Balaban J connectivity index is 2.15. The molecule has 1 aromatic heterocycles. The third kappa shape index (κ3) is 5.00. The fourth-order valence-corrected chi connectivity index (χ4v) is 1.85. The van der Waals surface area contributed by atoms with Crippen molar-refractivity contribution in [2.45, 2.75) is 26.4 Å². The van der Waals surface area contributed by atoms with Crippen molar-refractivity contribution in [3.63, 3.8) is 0 Å². The molecule has 6 nitrogen and oxygen atoms in total. The van der Waals surface area contributed by atoms with E-state index < -0.39 is 11.7 Å². The van der Waals surface area contributed by atoms with Crippen molar-refractivity contribution in [2.75, 3.05) is 5.32 Å². The first-order chi connectivity index (χ1) is 10.3. The number of rotatable bonds is 3. The highest BCUT2D eigenvalue weighted by Gasteiger charge is 2.17. The van der Waals surface area contributed by atoms with E-state index in [1.165, 1.54) is 0 Å². The fraction of sp³-hybridized carbons (Fsp3) is 0.267. The van der Waals surface area contributed by atoms with Crippen LogP contribution in [-0.4, -0.2) is 21.7 Å². The van der Waals surface area contributed by atoms with Gasteiger partial charge in [-0.1, -0.05) is 12.1 Å². The van der Waals surface area contributed by atoms with Crippen LogP contribution in [-0.2, 0) is 4.74 Å². The number of benzene rings is 1. The number of carbonyl (C=O) groups excluding carboxylic acids is 1. The van der Waals surface area contributed by atoms with Crippen LogP contribution in [0.4, 0.5) is 10.5 Å². The Morgan fingerprint density at radius 2 is 1.95 bits per heavy atom. The lowest BCUT2D eigenvalue weighted by Gasteiger charge is -2.20. The molecule has 0 unspecified atom stereocenters. The summed E-state index contributed by atoms with van der Waals surface area (Å²) in [6.45, 7) is 5.40. The zero-order chi connectivity index (χ0) is 16.2. The third-order valence-electron chi connectivity index (χ3n) is 2.34. The van der Waals surface area contributed by atoms with Gasteiger partial charge >= 0.3 is 6.09 Å². The van der Waals surface area contributed by atoms with Gasteiger partial charge < -0.3 is 9.47 Å². The normalized spacial score (nSPS) is 10.9. The van der Waals surface area contributed by atoms with Gasteiger partial charge in [0.05, 0.1) is 5.69 Å². The van der Waals surface area contributed by atoms with Gasteiger partial charge in [0.2, 0.25) is 5.88 Å². The van der Waals surface area contributed by atoms with Crippen LogP contribution in [0.15, 0.2) is 41.3 Å². The standard InChI is InChI=1S/C15H16BrN3O3/c1-15(2,3)22-14(20)18-10-6-4-5-7-11(10)21-12-8-9-17-13(16)19-12/h4-9H,1-3H3,(H,18,20). The summed E-state index contributed by atoms with van der Waals surface area (Å²) in [6.07, 6.45) is 1.02. The topological polar surface area (TPSA) is 73.3 Å². The van der Waals surface area contributed by atoms with Crippen molar-refractivity contribution in [2.24, 2.45) is 0 Å². The van der Waals surface area contributed by atoms with E-state index in [4.69, 9.17) is 9.47 Å². The number of hydrogen-bond donors (Lipinski definition) is 1. The van der Waals surface area contributed by atoms with Crippen molar-refractivity contribution < 1.29 is 14.3 Å². The van der Waals surface area contributed by atoms with Crippen LogP contribution in [0.25, 0.3) is 0 Å². The summed E-state index contributed by atoms with van der Waals surface area (Å²) in [5, 5.41) is 2.66. The number of amides is 1. The molecule has 1 amide bonds. The van der Waals surface area contributed by atoms with Crippen molar-refractivity contribution in [1.29, 1.82) is 0 Å². The Morgan fingerprint density at radius 1 is 1.23 bits per heavy atom. The van der Waals surface area contributed by atoms with Gasteiger partial charge in [0.1, 0.15) is 5.60 Å². The summed E-state index contributed by atoms with van der Waals surface area (Å²) in [7, 11) is 0. The molecule has 1 aromatic carbocycles. The minimum Gasteiger partial charge on any atom is -0.444 e. The molecule has 2 aromatic rings. The number of ether oxygens (including phenoxy) is 2. The van der Waals surface area contributed by atoms with Gasteiger partial charge in [0.25, 0.3) is 0 Å². The van der Waals surface area contributed by atoms with E-state index in [1.807, 2.05) is 0 Å². The highest BCUT2D eigenvalue weighted by atomic mass is 79.9. The van der Waals surface area contributed by atoms with Crippen LogP contribution in [0.3, 0.4) is 0 Å². The molecule has 0 spiro atoms. The quantitative estimate of drug-likeness (QED) is 0.817. The zero-order valence-corrected chi connectivity index (χ0v) is 14.0. The van der Waals surface area contributed by atoms with Crippen LogP contribution in [0.2, 0.25) is 0 Å². The first-order valence-corrected chi connectivity index (χ1v) is 7.38. The molecule has 0 aliphatic rings. The molecule has 0 radical (unpaired) electrons. The molecule has 0 aliphatic carbocycles. The number of aromatic nitrogens is 2. The van der Waals surface area contributed by atoms with Crippen LogP contribution >= 0.6 is 15.9 Å². The lowest BCUT2D eigenvalue weighted by molar-refractivity contribution is 0.0635. The van der Waals surface area contributed by atoms with Gasteiger partial charge in [-0.3, -0.25) is 5.32 Å². The Kier molecular flexibility index (Phi) is 4.97. The predicted octanol–water partition coefficient (Wildman–Crippen LogP) is 4.38. The molecule has 0 saturated heterocycles. The van der Waals surface area contributed by atoms with Gasteiger partial charge in [0, 0.05) is 12.3 Å². The molecule has 1 N–H and O–H groups in total. The number of anilines is 1. The van der Waals surface area contributed by atoms with E-state index in [-0.39, 0.29) is 0 Å². The van der Waals surface area contributed by atoms with Crippen molar-refractivity contribution in [3.8, 4) is 11.6 Å². The lowest BCUT2D eigenvalue weighted by Crippen LogP contribution is -2.27. The Hall–Kier alpha value is -2.15. The third-order valence-corrected chi connectivity index (χ3v) is 2.72. The second-order valence-electron chi connectivity index (χ2n) is 5.39. The minimum absolute atomic E-state index is 0.361. The molecule has 22 heavy (non-hydrogen) atoms. The van der Waals surface area contributed by atoms with Crippen LogP contribution < -0.4 is 10.1 Å². The van der Waals surface area contributed by atoms with Gasteiger partial charge in [-0.25, -0.2) is 9.78 Å². The number of nitrogens with zero attached hydrogens (tertiary/aromatic N) is 2. The smallest absolute Gasteiger partial charge is 0.412 e. The van der Waals surface area contributed by atoms with Crippen LogP contribution in [0, 0.1) is 0 Å². The van der Waals surface area contributed by atoms with Gasteiger partial charge in [-0.05, 0) is 48.8 Å². The maximum atomic E-state index is 11.9.